The number of benzene rings is 1. The van der Waals surface area contributed by atoms with Crippen LogP contribution in [0.3, 0.4) is 0 Å². The molecule has 2 unspecified atom stereocenters. The average molecular weight is 303 g/mol. The van der Waals surface area contributed by atoms with Crippen LogP contribution in [0.25, 0.3) is 0 Å². The summed E-state index contributed by atoms with van der Waals surface area (Å²) in [4.78, 5) is 0. The third-order valence-electron chi connectivity index (χ3n) is 3.39. The lowest BCUT2D eigenvalue weighted by atomic mass is 10.0. The van der Waals surface area contributed by atoms with Crippen LogP contribution >= 0.6 is 0 Å². The van der Waals surface area contributed by atoms with Gasteiger partial charge in [0, 0.05) is 6.04 Å². The molecule has 0 fully saturated rings. The Morgan fingerprint density at radius 1 is 1.24 bits per heavy atom. The molecule has 120 valence electrons. The number of rotatable bonds is 7. The summed E-state index contributed by atoms with van der Waals surface area (Å²) in [5, 5.41) is 0. The SMILES string of the molecule is CCCC(C)Oc1ccc(CC(N)CC)cc1C(F)(F)F. The van der Waals surface area contributed by atoms with Crippen molar-refractivity contribution >= 4 is 0 Å². The van der Waals surface area contributed by atoms with Crippen molar-refractivity contribution in [3.8, 4) is 5.75 Å². The zero-order valence-corrected chi connectivity index (χ0v) is 12.8. The molecule has 0 amide bonds. The molecule has 0 aromatic heterocycles. The average Bonchev–Trinajstić information content (AvgIpc) is 2.39. The van der Waals surface area contributed by atoms with Crippen LogP contribution in [0.1, 0.15) is 51.2 Å². The third-order valence-corrected chi connectivity index (χ3v) is 3.39. The van der Waals surface area contributed by atoms with Crippen molar-refractivity contribution in [3.05, 3.63) is 29.3 Å². The van der Waals surface area contributed by atoms with E-state index in [-0.39, 0.29) is 17.9 Å². The summed E-state index contributed by atoms with van der Waals surface area (Å²) in [6, 6.07) is 4.10. The first-order valence-electron chi connectivity index (χ1n) is 7.40. The maximum absolute atomic E-state index is 13.2. The Labute approximate surface area is 124 Å². The van der Waals surface area contributed by atoms with Crippen LogP contribution in [0.5, 0.6) is 5.75 Å². The number of hydrogen-bond donors (Lipinski definition) is 1. The van der Waals surface area contributed by atoms with E-state index in [1.54, 1.807) is 13.0 Å². The molecule has 0 saturated heterocycles. The van der Waals surface area contributed by atoms with Gasteiger partial charge in [0.1, 0.15) is 5.75 Å². The highest BCUT2D eigenvalue weighted by atomic mass is 19.4. The lowest BCUT2D eigenvalue weighted by Crippen LogP contribution is -2.22. The Bertz CT molecular complexity index is 446. The molecule has 0 aliphatic heterocycles. The number of halogens is 3. The maximum Gasteiger partial charge on any atom is 0.419 e. The lowest BCUT2D eigenvalue weighted by Gasteiger charge is -2.20. The predicted octanol–water partition coefficient (Wildman–Crippen LogP) is 4.55. The van der Waals surface area contributed by atoms with E-state index in [1.165, 1.54) is 6.07 Å². The summed E-state index contributed by atoms with van der Waals surface area (Å²) in [5.41, 5.74) is 5.68. The van der Waals surface area contributed by atoms with Crippen LogP contribution in [0.15, 0.2) is 18.2 Å². The molecule has 2 nitrogen and oxygen atoms in total. The van der Waals surface area contributed by atoms with Crippen molar-refractivity contribution < 1.29 is 17.9 Å². The fraction of sp³-hybridized carbons (Fsp3) is 0.625. The molecule has 0 saturated carbocycles. The Kier molecular flexibility index (Phi) is 6.52. The fourth-order valence-corrected chi connectivity index (χ4v) is 2.16. The van der Waals surface area contributed by atoms with Crippen molar-refractivity contribution in [1.29, 1.82) is 0 Å². The van der Waals surface area contributed by atoms with E-state index in [0.717, 1.165) is 25.3 Å². The molecule has 0 spiro atoms. The van der Waals surface area contributed by atoms with Crippen molar-refractivity contribution in [2.24, 2.45) is 5.73 Å². The highest BCUT2D eigenvalue weighted by Crippen LogP contribution is 2.37. The Morgan fingerprint density at radius 2 is 1.90 bits per heavy atom. The summed E-state index contributed by atoms with van der Waals surface area (Å²) >= 11 is 0. The summed E-state index contributed by atoms with van der Waals surface area (Å²) in [7, 11) is 0. The highest BCUT2D eigenvalue weighted by Gasteiger charge is 2.35. The molecule has 2 N–H and O–H groups in total. The smallest absolute Gasteiger partial charge is 0.419 e. The molecule has 1 aromatic carbocycles. The van der Waals surface area contributed by atoms with Crippen LogP contribution < -0.4 is 10.5 Å². The molecular weight excluding hydrogens is 279 g/mol. The first-order chi connectivity index (χ1) is 9.77. The predicted molar refractivity (Wildman–Crippen MR) is 78.4 cm³/mol. The molecule has 1 aromatic rings. The molecule has 5 heteroatoms. The topological polar surface area (TPSA) is 35.2 Å². The zero-order chi connectivity index (χ0) is 16.0. The lowest BCUT2D eigenvalue weighted by molar-refractivity contribution is -0.139. The van der Waals surface area contributed by atoms with Crippen molar-refractivity contribution in [2.75, 3.05) is 0 Å². The van der Waals surface area contributed by atoms with Gasteiger partial charge in [-0.1, -0.05) is 26.3 Å². The van der Waals surface area contributed by atoms with E-state index in [2.05, 4.69) is 0 Å². The van der Waals surface area contributed by atoms with Crippen LogP contribution in [0.4, 0.5) is 13.2 Å². The molecule has 21 heavy (non-hydrogen) atoms. The van der Waals surface area contributed by atoms with Crippen molar-refractivity contribution in [1.82, 2.24) is 0 Å². The van der Waals surface area contributed by atoms with Gasteiger partial charge < -0.3 is 10.5 Å². The maximum atomic E-state index is 13.2. The quantitative estimate of drug-likeness (QED) is 0.802. The van der Waals surface area contributed by atoms with Gasteiger partial charge in [0.05, 0.1) is 11.7 Å². The summed E-state index contributed by atoms with van der Waals surface area (Å²) in [5.74, 6) is -0.0998. The minimum absolute atomic E-state index is 0.0998. The normalized spacial score (nSPS) is 14.8. The number of hydrogen-bond acceptors (Lipinski definition) is 2. The second kappa shape index (κ2) is 7.69. The Morgan fingerprint density at radius 3 is 2.43 bits per heavy atom. The Balaban J connectivity index is 3.03. The van der Waals surface area contributed by atoms with Gasteiger partial charge in [0.25, 0.3) is 0 Å². The summed E-state index contributed by atoms with van der Waals surface area (Å²) < 4.78 is 45.0. The van der Waals surface area contributed by atoms with E-state index in [4.69, 9.17) is 10.5 Å². The minimum Gasteiger partial charge on any atom is -0.490 e. The Hall–Kier alpha value is -1.23. The van der Waals surface area contributed by atoms with Crippen molar-refractivity contribution in [2.45, 2.75) is 64.8 Å². The van der Waals surface area contributed by atoms with E-state index >= 15 is 0 Å². The second-order valence-corrected chi connectivity index (χ2v) is 5.42. The standard InChI is InChI=1S/C16H24F3NO/c1-4-6-11(3)21-15-8-7-12(9-13(20)5-2)10-14(15)16(17,18)19/h7-8,10-11,13H,4-6,9,20H2,1-3H3. The summed E-state index contributed by atoms with van der Waals surface area (Å²) in [6.45, 7) is 5.67. The highest BCUT2D eigenvalue weighted by molar-refractivity contribution is 5.39. The zero-order valence-electron chi connectivity index (χ0n) is 12.8. The molecule has 2 atom stereocenters. The molecule has 0 heterocycles. The van der Waals surface area contributed by atoms with Gasteiger partial charge in [0.15, 0.2) is 0 Å². The van der Waals surface area contributed by atoms with Crippen LogP contribution in [0, 0.1) is 0 Å². The summed E-state index contributed by atoms with van der Waals surface area (Å²) in [6.07, 6.45) is -1.91. The monoisotopic (exact) mass is 303 g/mol. The third kappa shape index (κ3) is 5.58. The number of nitrogens with two attached hydrogens (primary N) is 1. The van der Waals surface area contributed by atoms with Crippen LogP contribution in [-0.4, -0.2) is 12.1 Å². The molecule has 0 radical (unpaired) electrons. The molecular formula is C16H24F3NO. The molecule has 1 rings (SSSR count). The van der Waals surface area contributed by atoms with E-state index < -0.39 is 11.7 Å². The second-order valence-electron chi connectivity index (χ2n) is 5.42. The number of alkyl halides is 3. The number of ether oxygens (including phenoxy) is 1. The van der Waals surface area contributed by atoms with Gasteiger partial charge in [-0.05, 0) is 43.9 Å². The van der Waals surface area contributed by atoms with Crippen LogP contribution in [0.2, 0.25) is 0 Å². The van der Waals surface area contributed by atoms with E-state index in [0.29, 0.717) is 12.0 Å². The van der Waals surface area contributed by atoms with Gasteiger partial charge in [-0.3, -0.25) is 0 Å². The van der Waals surface area contributed by atoms with Crippen molar-refractivity contribution in [3.63, 3.8) is 0 Å². The van der Waals surface area contributed by atoms with Crippen LogP contribution in [-0.2, 0) is 12.6 Å². The van der Waals surface area contributed by atoms with E-state index in [1.807, 2.05) is 13.8 Å². The van der Waals surface area contributed by atoms with Gasteiger partial charge in [0.2, 0.25) is 0 Å². The molecule has 0 bridgehead atoms. The van der Waals surface area contributed by atoms with E-state index in [9.17, 15) is 13.2 Å². The first-order valence-corrected chi connectivity index (χ1v) is 7.40. The molecule has 0 aliphatic rings. The largest absolute Gasteiger partial charge is 0.490 e. The minimum atomic E-state index is -4.42. The first kappa shape index (κ1) is 17.8. The van der Waals surface area contributed by atoms with Gasteiger partial charge in [-0.15, -0.1) is 0 Å². The van der Waals surface area contributed by atoms with Gasteiger partial charge in [-0.2, -0.15) is 13.2 Å². The molecule has 0 aliphatic carbocycles. The van der Waals surface area contributed by atoms with Gasteiger partial charge in [-0.25, -0.2) is 0 Å². The fourth-order valence-electron chi connectivity index (χ4n) is 2.16. The van der Waals surface area contributed by atoms with Gasteiger partial charge >= 0.3 is 6.18 Å².